The first kappa shape index (κ1) is 16.0. The smallest absolute Gasteiger partial charge is 0.243 e. The number of sulfonamides is 1. The first-order chi connectivity index (χ1) is 8.95. The topological polar surface area (TPSA) is 101 Å². The molecule has 1 aromatic heterocycles. The van der Waals surface area contributed by atoms with E-state index < -0.39 is 20.8 Å². The summed E-state index contributed by atoms with van der Waals surface area (Å²) in [7, 11) is -4.50. The summed E-state index contributed by atoms with van der Waals surface area (Å²) in [6.07, 6.45) is 4.62. The molecule has 0 fully saturated rings. The predicted octanol–water partition coefficient (Wildman–Crippen LogP) is -0.0447. The third-order valence-corrected chi connectivity index (χ3v) is 4.45. The molecule has 2 N–H and O–H groups in total. The third kappa shape index (κ3) is 5.62. The van der Waals surface area contributed by atoms with Crippen LogP contribution in [0.5, 0.6) is 0 Å². The summed E-state index contributed by atoms with van der Waals surface area (Å²) in [5.41, 5.74) is 0. The van der Waals surface area contributed by atoms with Crippen LogP contribution < -0.4 is 10.0 Å². The van der Waals surface area contributed by atoms with Crippen molar-refractivity contribution in [2.45, 2.75) is 18.2 Å². The van der Waals surface area contributed by atoms with Crippen LogP contribution in [0.15, 0.2) is 17.3 Å². The van der Waals surface area contributed by atoms with Gasteiger partial charge in [-0.05, 0) is 13.3 Å². The van der Waals surface area contributed by atoms with Crippen LogP contribution >= 0.6 is 0 Å². The summed E-state index contributed by atoms with van der Waals surface area (Å²) in [6.45, 7) is 2.81. The Morgan fingerprint density at radius 2 is 1.95 bits per heavy atom. The molecular weight excluding hydrogens is 288 g/mol. The van der Waals surface area contributed by atoms with Crippen LogP contribution in [0.2, 0.25) is 0 Å². The average molecular weight is 306 g/mol. The van der Waals surface area contributed by atoms with E-state index in [0.717, 1.165) is 0 Å². The summed E-state index contributed by atoms with van der Waals surface area (Å²) in [6, 6.07) is 0. The van der Waals surface area contributed by atoms with Crippen LogP contribution in [0.25, 0.3) is 0 Å². The normalized spacial score (nSPS) is 13.2. The molecule has 1 heterocycles. The van der Waals surface area contributed by atoms with Crippen LogP contribution in [0.1, 0.15) is 13.3 Å². The molecule has 108 valence electrons. The van der Waals surface area contributed by atoms with Crippen molar-refractivity contribution in [1.29, 1.82) is 0 Å². The van der Waals surface area contributed by atoms with Crippen LogP contribution in [-0.4, -0.2) is 47.7 Å². The first-order valence-electron chi connectivity index (χ1n) is 5.81. The van der Waals surface area contributed by atoms with E-state index in [9.17, 15) is 12.6 Å². The van der Waals surface area contributed by atoms with Gasteiger partial charge in [-0.15, -0.1) is 0 Å². The van der Waals surface area contributed by atoms with Gasteiger partial charge in [-0.25, -0.2) is 23.1 Å². The van der Waals surface area contributed by atoms with E-state index in [-0.39, 0.29) is 11.4 Å². The molecule has 1 rings (SSSR count). The van der Waals surface area contributed by atoms with Crippen molar-refractivity contribution < 1.29 is 12.6 Å². The summed E-state index contributed by atoms with van der Waals surface area (Å²) in [4.78, 5) is 7.82. The Bertz CT molecular complexity index is 516. The van der Waals surface area contributed by atoms with Crippen molar-refractivity contribution >= 4 is 26.8 Å². The first-order valence-corrected chi connectivity index (χ1v) is 9.02. The third-order valence-electron chi connectivity index (χ3n) is 2.17. The number of rotatable bonds is 8. The number of hydrogen-bond acceptors (Lipinski definition) is 6. The minimum absolute atomic E-state index is 0.0202. The number of hydrogen-bond donors (Lipinski definition) is 2. The Morgan fingerprint density at radius 1 is 1.32 bits per heavy atom. The monoisotopic (exact) mass is 306 g/mol. The lowest BCUT2D eigenvalue weighted by atomic mass is 10.5. The second-order valence-corrected chi connectivity index (χ2v) is 7.12. The van der Waals surface area contributed by atoms with Crippen molar-refractivity contribution in [3.63, 3.8) is 0 Å². The van der Waals surface area contributed by atoms with E-state index in [1.165, 1.54) is 12.4 Å². The van der Waals surface area contributed by atoms with E-state index in [1.54, 1.807) is 6.26 Å². The number of anilines is 1. The molecule has 0 amide bonds. The Hall–Kier alpha value is -1.06. The number of nitrogens with zero attached hydrogens (tertiary/aromatic N) is 2. The Balaban J connectivity index is 2.59. The molecule has 0 saturated heterocycles. The van der Waals surface area contributed by atoms with Crippen molar-refractivity contribution in [3.8, 4) is 0 Å². The molecule has 0 aliphatic heterocycles. The summed E-state index contributed by atoms with van der Waals surface area (Å²) in [5, 5.41) is 2.88. The molecule has 1 unspecified atom stereocenters. The van der Waals surface area contributed by atoms with Gasteiger partial charge in [-0.2, -0.15) is 0 Å². The van der Waals surface area contributed by atoms with Gasteiger partial charge >= 0.3 is 0 Å². The van der Waals surface area contributed by atoms with Gasteiger partial charge in [0.1, 0.15) is 4.90 Å². The number of nitrogens with one attached hydrogen (secondary N) is 2. The largest absolute Gasteiger partial charge is 0.355 e. The van der Waals surface area contributed by atoms with E-state index in [2.05, 4.69) is 20.0 Å². The average Bonchev–Trinajstić information content (AvgIpc) is 2.36. The zero-order valence-electron chi connectivity index (χ0n) is 10.9. The standard InChI is InChI=1S/C10H18N4O3S2/c1-3-11-10-12-7-9(8-13-10)19(16,17)14-5-4-6-18(2)15/h7-8,14H,3-6H2,1-2H3,(H,11,12,13). The minimum atomic E-state index is -3.59. The van der Waals surface area contributed by atoms with Gasteiger partial charge < -0.3 is 5.32 Å². The SMILES string of the molecule is CCNc1ncc(S(=O)(=O)NCCCS(C)=O)cn1. The molecule has 1 aromatic rings. The Kier molecular flexibility index (Phi) is 6.32. The van der Waals surface area contributed by atoms with E-state index >= 15 is 0 Å². The molecule has 0 aliphatic carbocycles. The van der Waals surface area contributed by atoms with E-state index in [0.29, 0.717) is 24.7 Å². The molecule has 7 nitrogen and oxygen atoms in total. The van der Waals surface area contributed by atoms with Gasteiger partial charge in [-0.3, -0.25) is 4.21 Å². The van der Waals surface area contributed by atoms with Gasteiger partial charge in [0.2, 0.25) is 16.0 Å². The van der Waals surface area contributed by atoms with Crippen LogP contribution in [0.4, 0.5) is 5.95 Å². The van der Waals surface area contributed by atoms with Gasteiger partial charge in [0.25, 0.3) is 0 Å². The van der Waals surface area contributed by atoms with Gasteiger partial charge in [0, 0.05) is 35.9 Å². The fourth-order valence-corrected chi connectivity index (χ4v) is 2.78. The van der Waals surface area contributed by atoms with Gasteiger partial charge in [0.15, 0.2) is 0 Å². The fraction of sp³-hybridized carbons (Fsp3) is 0.600. The zero-order chi connectivity index (χ0) is 14.3. The molecule has 0 bridgehead atoms. The lowest BCUT2D eigenvalue weighted by molar-refractivity contribution is 0.579. The molecule has 0 saturated carbocycles. The lowest BCUT2D eigenvalue weighted by Crippen LogP contribution is -2.26. The maximum atomic E-state index is 11.9. The quantitative estimate of drug-likeness (QED) is 0.653. The predicted molar refractivity (Wildman–Crippen MR) is 74.9 cm³/mol. The summed E-state index contributed by atoms with van der Waals surface area (Å²) < 4.78 is 37.0. The molecule has 0 aromatic carbocycles. The van der Waals surface area contributed by atoms with Gasteiger partial charge in [-0.1, -0.05) is 0 Å². The molecular formula is C10H18N4O3S2. The Labute approximate surface area is 115 Å². The highest BCUT2D eigenvalue weighted by Crippen LogP contribution is 2.07. The highest BCUT2D eigenvalue weighted by atomic mass is 32.2. The fourth-order valence-electron chi connectivity index (χ4n) is 1.27. The summed E-state index contributed by atoms with van der Waals surface area (Å²) in [5.74, 6) is 0.862. The highest BCUT2D eigenvalue weighted by molar-refractivity contribution is 7.89. The second-order valence-electron chi connectivity index (χ2n) is 3.80. The highest BCUT2D eigenvalue weighted by Gasteiger charge is 2.14. The van der Waals surface area contributed by atoms with E-state index in [1.807, 2.05) is 6.92 Å². The molecule has 0 spiro atoms. The molecule has 1 atom stereocenters. The second kappa shape index (κ2) is 7.51. The molecule has 19 heavy (non-hydrogen) atoms. The minimum Gasteiger partial charge on any atom is -0.355 e. The Morgan fingerprint density at radius 3 is 2.47 bits per heavy atom. The van der Waals surface area contributed by atoms with Crippen LogP contribution in [0.3, 0.4) is 0 Å². The molecule has 9 heteroatoms. The van der Waals surface area contributed by atoms with Crippen molar-refractivity contribution in [2.24, 2.45) is 0 Å². The zero-order valence-corrected chi connectivity index (χ0v) is 12.6. The maximum absolute atomic E-state index is 11.9. The maximum Gasteiger partial charge on any atom is 0.243 e. The van der Waals surface area contributed by atoms with E-state index in [4.69, 9.17) is 0 Å². The summed E-state index contributed by atoms with van der Waals surface area (Å²) >= 11 is 0. The molecule has 0 radical (unpaired) electrons. The van der Waals surface area contributed by atoms with Crippen molar-refractivity contribution in [3.05, 3.63) is 12.4 Å². The van der Waals surface area contributed by atoms with Gasteiger partial charge in [0.05, 0.1) is 12.4 Å². The number of aromatic nitrogens is 2. The van der Waals surface area contributed by atoms with Crippen LogP contribution in [-0.2, 0) is 20.8 Å². The van der Waals surface area contributed by atoms with Crippen LogP contribution in [0, 0.1) is 0 Å². The lowest BCUT2D eigenvalue weighted by Gasteiger charge is -2.06. The molecule has 0 aliphatic rings. The van der Waals surface area contributed by atoms with Crippen molar-refractivity contribution in [2.75, 3.05) is 30.4 Å². The van der Waals surface area contributed by atoms with Crippen molar-refractivity contribution in [1.82, 2.24) is 14.7 Å².